The third-order valence-corrected chi connectivity index (χ3v) is 2.40. The van der Waals surface area contributed by atoms with Crippen molar-refractivity contribution in [3.8, 4) is 0 Å². The van der Waals surface area contributed by atoms with E-state index in [1.165, 1.54) is 12.3 Å². The van der Waals surface area contributed by atoms with Crippen LogP contribution in [0.25, 0.3) is 0 Å². The third-order valence-electron chi connectivity index (χ3n) is 2.40. The van der Waals surface area contributed by atoms with E-state index >= 15 is 0 Å². The molecule has 2 heterocycles. The van der Waals surface area contributed by atoms with Crippen LogP contribution in [0.15, 0.2) is 36.8 Å². The summed E-state index contributed by atoms with van der Waals surface area (Å²) in [5.41, 5.74) is -0.00316. The first-order chi connectivity index (χ1) is 8.77. The molecule has 0 atom stereocenters. The van der Waals surface area contributed by atoms with Crippen molar-refractivity contribution in [1.29, 1.82) is 0 Å². The molecule has 0 aliphatic heterocycles. The molecule has 0 spiro atoms. The molecule has 0 amide bonds. The highest BCUT2D eigenvalue weighted by Gasteiger charge is 2.12. The highest BCUT2D eigenvalue weighted by atomic mass is 16.6. The average molecular weight is 247 g/mol. The van der Waals surface area contributed by atoms with Crippen LogP contribution in [0.4, 0.5) is 11.5 Å². The van der Waals surface area contributed by atoms with E-state index in [2.05, 4.69) is 15.4 Å². The molecular formula is C11H13N5O2. The largest absolute Gasteiger partial charge is 0.364 e. The second kappa shape index (κ2) is 5.76. The van der Waals surface area contributed by atoms with Crippen LogP contribution in [0.2, 0.25) is 0 Å². The second-order valence-corrected chi connectivity index (χ2v) is 3.68. The maximum Gasteiger partial charge on any atom is 0.311 e. The molecule has 0 saturated heterocycles. The normalized spacial score (nSPS) is 10.2. The SMILES string of the molecule is O=[N+]([O-])c1cccnc1NCCCn1cccn1. The summed E-state index contributed by atoms with van der Waals surface area (Å²) in [6.07, 6.45) is 5.94. The van der Waals surface area contributed by atoms with Gasteiger partial charge in [-0.05, 0) is 18.6 Å². The predicted octanol–water partition coefficient (Wildman–Crippen LogP) is 1.69. The summed E-state index contributed by atoms with van der Waals surface area (Å²) in [4.78, 5) is 14.3. The van der Waals surface area contributed by atoms with Crippen LogP contribution in [0.1, 0.15) is 6.42 Å². The van der Waals surface area contributed by atoms with Crippen molar-refractivity contribution < 1.29 is 4.92 Å². The van der Waals surface area contributed by atoms with Crippen molar-refractivity contribution in [1.82, 2.24) is 14.8 Å². The predicted molar refractivity (Wildman–Crippen MR) is 66.2 cm³/mol. The molecule has 0 aromatic carbocycles. The fraction of sp³-hybridized carbons (Fsp3) is 0.273. The van der Waals surface area contributed by atoms with Crippen molar-refractivity contribution in [3.63, 3.8) is 0 Å². The van der Waals surface area contributed by atoms with Crippen molar-refractivity contribution in [3.05, 3.63) is 46.9 Å². The van der Waals surface area contributed by atoms with Gasteiger partial charge in [0.25, 0.3) is 0 Å². The molecule has 0 aliphatic rings. The number of aromatic nitrogens is 3. The summed E-state index contributed by atoms with van der Waals surface area (Å²) in [5.74, 6) is 0.308. The Morgan fingerprint density at radius 2 is 2.28 bits per heavy atom. The topological polar surface area (TPSA) is 85.9 Å². The van der Waals surface area contributed by atoms with Gasteiger partial charge in [0.05, 0.1) is 4.92 Å². The Morgan fingerprint density at radius 3 is 3.00 bits per heavy atom. The van der Waals surface area contributed by atoms with Crippen molar-refractivity contribution in [2.24, 2.45) is 0 Å². The standard InChI is InChI=1S/C11H13N5O2/c17-16(18)10-4-1-5-12-11(10)13-6-2-8-15-9-3-7-14-15/h1,3-5,7,9H,2,6,8H2,(H,12,13). The van der Waals surface area contributed by atoms with Crippen molar-refractivity contribution in [2.75, 3.05) is 11.9 Å². The summed E-state index contributed by atoms with van der Waals surface area (Å²) in [5, 5.41) is 17.8. The van der Waals surface area contributed by atoms with Gasteiger partial charge in [0.15, 0.2) is 0 Å². The minimum atomic E-state index is -0.442. The molecular weight excluding hydrogens is 234 g/mol. The van der Waals surface area contributed by atoms with Crippen LogP contribution < -0.4 is 5.32 Å². The molecule has 94 valence electrons. The van der Waals surface area contributed by atoms with Gasteiger partial charge >= 0.3 is 5.69 Å². The van der Waals surface area contributed by atoms with Gasteiger partial charge in [0.2, 0.25) is 5.82 Å². The van der Waals surface area contributed by atoms with E-state index in [0.29, 0.717) is 12.4 Å². The highest BCUT2D eigenvalue weighted by Crippen LogP contribution is 2.19. The number of nitrogens with one attached hydrogen (secondary N) is 1. The summed E-state index contributed by atoms with van der Waals surface area (Å²) in [6, 6.07) is 4.84. The summed E-state index contributed by atoms with van der Waals surface area (Å²) >= 11 is 0. The zero-order valence-corrected chi connectivity index (χ0v) is 9.69. The fourth-order valence-electron chi connectivity index (χ4n) is 1.56. The van der Waals surface area contributed by atoms with Crippen LogP contribution in [-0.2, 0) is 6.54 Å². The van der Waals surface area contributed by atoms with E-state index in [9.17, 15) is 10.1 Å². The summed E-state index contributed by atoms with van der Waals surface area (Å²) < 4.78 is 1.81. The quantitative estimate of drug-likeness (QED) is 0.477. The average Bonchev–Trinajstić information content (AvgIpc) is 2.88. The number of anilines is 1. The molecule has 2 aromatic heterocycles. The Hall–Kier alpha value is -2.44. The van der Waals surface area contributed by atoms with Crippen LogP contribution in [-0.4, -0.2) is 26.2 Å². The smallest absolute Gasteiger partial charge is 0.311 e. The monoisotopic (exact) mass is 247 g/mol. The van der Waals surface area contributed by atoms with Gasteiger partial charge in [-0.15, -0.1) is 0 Å². The molecule has 0 saturated carbocycles. The van der Waals surface area contributed by atoms with Gasteiger partial charge in [-0.25, -0.2) is 4.98 Å². The maximum atomic E-state index is 10.8. The number of nitro groups is 1. The van der Waals surface area contributed by atoms with Gasteiger partial charge in [-0.2, -0.15) is 5.10 Å². The molecule has 0 fully saturated rings. The molecule has 0 aliphatic carbocycles. The van der Waals surface area contributed by atoms with Crippen molar-refractivity contribution >= 4 is 11.5 Å². The van der Waals surface area contributed by atoms with E-state index < -0.39 is 4.92 Å². The van der Waals surface area contributed by atoms with E-state index in [1.807, 2.05) is 16.9 Å². The first kappa shape index (κ1) is 12.0. The number of rotatable bonds is 6. The van der Waals surface area contributed by atoms with E-state index in [4.69, 9.17) is 0 Å². The van der Waals surface area contributed by atoms with Gasteiger partial charge in [-0.3, -0.25) is 14.8 Å². The van der Waals surface area contributed by atoms with Gasteiger partial charge < -0.3 is 5.32 Å². The zero-order chi connectivity index (χ0) is 12.8. The molecule has 2 aromatic rings. The Bertz CT molecular complexity index is 512. The van der Waals surface area contributed by atoms with E-state index in [-0.39, 0.29) is 5.69 Å². The summed E-state index contributed by atoms with van der Waals surface area (Å²) in [6.45, 7) is 1.37. The fourth-order valence-corrected chi connectivity index (χ4v) is 1.56. The third kappa shape index (κ3) is 3.03. The Labute approximate surface area is 104 Å². The maximum absolute atomic E-state index is 10.8. The lowest BCUT2D eigenvalue weighted by molar-refractivity contribution is -0.384. The number of hydrogen-bond donors (Lipinski definition) is 1. The van der Waals surface area contributed by atoms with Crippen LogP contribution in [0.3, 0.4) is 0 Å². The molecule has 0 bridgehead atoms. The van der Waals surface area contributed by atoms with Crippen molar-refractivity contribution in [2.45, 2.75) is 13.0 Å². The number of nitrogens with zero attached hydrogens (tertiary/aromatic N) is 4. The Kier molecular flexibility index (Phi) is 3.85. The van der Waals surface area contributed by atoms with Gasteiger partial charge in [0, 0.05) is 37.7 Å². The lowest BCUT2D eigenvalue weighted by atomic mass is 10.3. The van der Waals surface area contributed by atoms with Crippen LogP contribution >= 0.6 is 0 Å². The molecule has 0 unspecified atom stereocenters. The van der Waals surface area contributed by atoms with Gasteiger partial charge in [0.1, 0.15) is 0 Å². The first-order valence-electron chi connectivity index (χ1n) is 5.58. The highest BCUT2D eigenvalue weighted by molar-refractivity contribution is 5.54. The lowest BCUT2D eigenvalue weighted by Crippen LogP contribution is -2.09. The lowest BCUT2D eigenvalue weighted by Gasteiger charge is -2.05. The summed E-state index contributed by atoms with van der Waals surface area (Å²) in [7, 11) is 0. The minimum Gasteiger partial charge on any atom is -0.364 e. The molecule has 1 N–H and O–H groups in total. The molecule has 2 rings (SSSR count). The number of pyridine rings is 1. The minimum absolute atomic E-state index is 0.00316. The van der Waals surface area contributed by atoms with E-state index in [1.54, 1.807) is 12.3 Å². The Morgan fingerprint density at radius 1 is 1.39 bits per heavy atom. The molecule has 18 heavy (non-hydrogen) atoms. The number of hydrogen-bond acceptors (Lipinski definition) is 5. The second-order valence-electron chi connectivity index (χ2n) is 3.68. The van der Waals surface area contributed by atoms with E-state index in [0.717, 1.165) is 13.0 Å². The molecule has 7 nitrogen and oxygen atoms in total. The Balaban J connectivity index is 1.85. The molecule has 0 radical (unpaired) electrons. The first-order valence-corrected chi connectivity index (χ1v) is 5.58. The van der Waals surface area contributed by atoms with Gasteiger partial charge in [-0.1, -0.05) is 0 Å². The zero-order valence-electron chi connectivity index (χ0n) is 9.69. The van der Waals surface area contributed by atoms with Crippen LogP contribution in [0.5, 0.6) is 0 Å². The van der Waals surface area contributed by atoms with Crippen LogP contribution in [0, 0.1) is 10.1 Å². The number of aryl methyl sites for hydroxylation is 1. The molecule has 7 heteroatoms.